The van der Waals surface area contributed by atoms with Gasteiger partial charge in [-0.3, -0.25) is 14.1 Å². The molecule has 1 aromatic carbocycles. The number of alkyl halides is 1. The van der Waals surface area contributed by atoms with E-state index in [2.05, 4.69) is 37.0 Å². The lowest BCUT2D eigenvalue weighted by Gasteiger charge is -2.26. The van der Waals surface area contributed by atoms with Gasteiger partial charge in [0.1, 0.15) is 17.7 Å². The van der Waals surface area contributed by atoms with E-state index in [-0.39, 0.29) is 59.5 Å². The van der Waals surface area contributed by atoms with Crippen LogP contribution in [-0.2, 0) is 10.0 Å². The maximum absolute atomic E-state index is 14.8. The molecular formula is C24H33F2N7O3S. The van der Waals surface area contributed by atoms with Gasteiger partial charge in [-0.1, -0.05) is 13.0 Å². The number of rotatable bonds is 8. The average molecular weight is 538 g/mol. The van der Waals surface area contributed by atoms with Crippen LogP contribution in [0.5, 0.6) is 0 Å². The van der Waals surface area contributed by atoms with Crippen LogP contribution in [0.2, 0.25) is 0 Å². The molecule has 2 heterocycles. The Bertz CT molecular complexity index is 1340. The first-order valence-corrected chi connectivity index (χ1v) is 13.7. The molecule has 1 saturated heterocycles. The Kier molecular flexibility index (Phi) is 9.13. The SMILES string of the molecule is C=N/C(=N\c1c(C)nc(-c2ccc(NS(=O)(=O)CCC)c(F)c2)c(=O)n1C(C)C)N[C@@H]1CNC[C@@H](F)C1. The van der Waals surface area contributed by atoms with Gasteiger partial charge < -0.3 is 10.6 Å². The third kappa shape index (κ3) is 6.98. The van der Waals surface area contributed by atoms with E-state index in [9.17, 15) is 22.0 Å². The van der Waals surface area contributed by atoms with Gasteiger partial charge in [-0.15, -0.1) is 0 Å². The van der Waals surface area contributed by atoms with Crippen molar-refractivity contribution < 1.29 is 17.2 Å². The van der Waals surface area contributed by atoms with E-state index in [4.69, 9.17) is 0 Å². The molecule has 37 heavy (non-hydrogen) atoms. The molecule has 10 nitrogen and oxygen atoms in total. The molecule has 0 bridgehead atoms. The molecular weight excluding hydrogens is 504 g/mol. The van der Waals surface area contributed by atoms with Crippen molar-refractivity contribution in [1.29, 1.82) is 0 Å². The fourth-order valence-corrected chi connectivity index (χ4v) is 5.22. The monoisotopic (exact) mass is 537 g/mol. The Morgan fingerprint density at radius 1 is 1.35 bits per heavy atom. The highest BCUT2D eigenvalue weighted by molar-refractivity contribution is 7.92. The normalized spacial score (nSPS) is 18.6. The summed E-state index contributed by atoms with van der Waals surface area (Å²) in [4.78, 5) is 26.3. The predicted octanol–water partition coefficient (Wildman–Crippen LogP) is 3.07. The number of benzene rings is 1. The molecule has 0 amide bonds. The van der Waals surface area contributed by atoms with Crippen molar-refractivity contribution in [1.82, 2.24) is 20.2 Å². The zero-order valence-corrected chi connectivity index (χ0v) is 22.2. The van der Waals surface area contributed by atoms with Crippen LogP contribution in [0.25, 0.3) is 11.3 Å². The van der Waals surface area contributed by atoms with Crippen LogP contribution in [0.15, 0.2) is 33.0 Å². The van der Waals surface area contributed by atoms with Crippen LogP contribution >= 0.6 is 0 Å². The van der Waals surface area contributed by atoms with Crippen LogP contribution in [0.1, 0.15) is 45.3 Å². The van der Waals surface area contributed by atoms with Gasteiger partial charge in [-0.25, -0.2) is 27.2 Å². The summed E-state index contributed by atoms with van der Waals surface area (Å²) in [7, 11) is -3.68. The fraction of sp³-hybridized carbons (Fsp3) is 0.500. The van der Waals surface area contributed by atoms with E-state index < -0.39 is 27.6 Å². The van der Waals surface area contributed by atoms with Gasteiger partial charge in [0.25, 0.3) is 5.56 Å². The molecule has 0 unspecified atom stereocenters. The van der Waals surface area contributed by atoms with Crippen molar-refractivity contribution in [3.05, 3.63) is 40.1 Å². The lowest BCUT2D eigenvalue weighted by atomic mass is 10.1. The lowest BCUT2D eigenvalue weighted by molar-refractivity contribution is 0.239. The number of halogens is 2. The molecule has 1 aliphatic rings. The van der Waals surface area contributed by atoms with Gasteiger partial charge in [0, 0.05) is 37.2 Å². The minimum Gasteiger partial charge on any atom is -0.350 e. The Morgan fingerprint density at radius 3 is 2.68 bits per heavy atom. The number of piperidine rings is 1. The third-order valence-electron chi connectivity index (χ3n) is 5.74. The number of aliphatic imine (C=N–C) groups is 2. The molecule has 13 heteroatoms. The van der Waals surface area contributed by atoms with Crippen molar-refractivity contribution in [2.45, 2.75) is 58.8 Å². The number of hydrogen-bond acceptors (Lipinski definition) is 6. The molecule has 202 valence electrons. The second-order valence-corrected chi connectivity index (χ2v) is 11.0. The summed E-state index contributed by atoms with van der Waals surface area (Å²) in [5.74, 6) is -0.604. The fourth-order valence-electron chi connectivity index (χ4n) is 4.08. The summed E-state index contributed by atoms with van der Waals surface area (Å²) in [5.41, 5.74) is -0.157. The lowest BCUT2D eigenvalue weighted by Crippen LogP contribution is -2.49. The number of sulfonamides is 1. The van der Waals surface area contributed by atoms with Crippen LogP contribution < -0.4 is 20.9 Å². The summed E-state index contributed by atoms with van der Waals surface area (Å²) in [6.45, 7) is 11.3. The highest BCUT2D eigenvalue weighted by Gasteiger charge is 2.23. The third-order valence-corrected chi connectivity index (χ3v) is 7.22. The van der Waals surface area contributed by atoms with E-state index in [1.165, 1.54) is 16.7 Å². The molecule has 0 radical (unpaired) electrons. The summed E-state index contributed by atoms with van der Waals surface area (Å²) < 4.78 is 56.3. The van der Waals surface area contributed by atoms with E-state index in [0.717, 1.165) is 6.07 Å². The van der Waals surface area contributed by atoms with Crippen molar-refractivity contribution in [3.8, 4) is 11.3 Å². The van der Waals surface area contributed by atoms with E-state index in [1.807, 2.05) is 0 Å². The Labute approximate surface area is 215 Å². The first-order chi connectivity index (χ1) is 17.5. The number of nitrogens with one attached hydrogen (secondary N) is 3. The highest BCUT2D eigenvalue weighted by atomic mass is 32.2. The number of guanidine groups is 1. The van der Waals surface area contributed by atoms with Gasteiger partial charge in [0.15, 0.2) is 5.82 Å². The summed E-state index contributed by atoms with van der Waals surface area (Å²) in [6.07, 6.45) is -0.332. The largest absolute Gasteiger partial charge is 0.350 e. The minimum absolute atomic E-state index is 0.00941. The molecule has 0 saturated carbocycles. The summed E-state index contributed by atoms with van der Waals surface area (Å²) >= 11 is 0. The topological polar surface area (TPSA) is 130 Å². The number of aromatic nitrogens is 2. The van der Waals surface area contributed by atoms with Crippen LogP contribution in [-0.4, -0.2) is 61.7 Å². The molecule has 0 spiro atoms. The highest BCUT2D eigenvalue weighted by Crippen LogP contribution is 2.26. The molecule has 3 N–H and O–H groups in total. The standard InChI is InChI=1S/C24H33F2N7O3S/c1-6-9-37(35,36)32-20-8-7-16(10-19(20)26)21-23(34)33(14(2)3)22(15(4)29-21)31-24(27-5)30-18-11-17(25)12-28-13-18/h7-8,10,14,17-18,28,32H,5-6,9,11-13H2,1-4H3,(H,30,31)/t17-,18-/m0/s1. The quantitative estimate of drug-likeness (QED) is 0.351. The van der Waals surface area contributed by atoms with Crippen LogP contribution in [0, 0.1) is 12.7 Å². The Morgan fingerprint density at radius 2 is 2.08 bits per heavy atom. The van der Waals surface area contributed by atoms with Crippen molar-refractivity contribution in [3.63, 3.8) is 0 Å². The van der Waals surface area contributed by atoms with E-state index >= 15 is 0 Å². The molecule has 0 aliphatic carbocycles. The van der Waals surface area contributed by atoms with Crippen LogP contribution in [0.3, 0.4) is 0 Å². The maximum Gasteiger partial charge on any atom is 0.278 e. The Hall–Kier alpha value is -3.19. The second-order valence-electron chi connectivity index (χ2n) is 9.18. The van der Waals surface area contributed by atoms with Crippen molar-refractivity contribution in [2.75, 3.05) is 23.6 Å². The second kappa shape index (κ2) is 11.9. The average Bonchev–Trinajstić information content (AvgIpc) is 2.81. The number of anilines is 1. The zero-order valence-electron chi connectivity index (χ0n) is 21.4. The van der Waals surface area contributed by atoms with Crippen molar-refractivity contribution >= 4 is 34.2 Å². The zero-order chi connectivity index (χ0) is 27.3. The van der Waals surface area contributed by atoms with Gasteiger partial charge >= 0.3 is 0 Å². The van der Waals surface area contributed by atoms with Gasteiger partial charge in [-0.2, -0.15) is 4.99 Å². The summed E-state index contributed by atoms with van der Waals surface area (Å²) in [6, 6.07) is 3.18. The number of hydrogen-bond donors (Lipinski definition) is 3. The molecule has 2 atom stereocenters. The molecule has 2 aromatic rings. The maximum atomic E-state index is 14.8. The molecule has 1 aliphatic heterocycles. The predicted molar refractivity (Wildman–Crippen MR) is 143 cm³/mol. The number of nitrogens with zero attached hydrogens (tertiary/aromatic N) is 4. The van der Waals surface area contributed by atoms with E-state index in [1.54, 1.807) is 27.7 Å². The van der Waals surface area contributed by atoms with Crippen LogP contribution in [0.4, 0.5) is 20.3 Å². The van der Waals surface area contributed by atoms with Gasteiger partial charge in [0.05, 0.1) is 17.1 Å². The minimum atomic E-state index is -3.68. The van der Waals surface area contributed by atoms with Gasteiger partial charge in [0.2, 0.25) is 16.0 Å². The number of aryl methyl sites for hydroxylation is 1. The van der Waals surface area contributed by atoms with Gasteiger partial charge in [-0.05, 0) is 46.0 Å². The molecule has 1 aromatic heterocycles. The summed E-state index contributed by atoms with van der Waals surface area (Å²) in [5, 5.41) is 6.04. The van der Waals surface area contributed by atoms with E-state index in [0.29, 0.717) is 18.7 Å². The molecule has 3 rings (SSSR count). The Balaban J connectivity index is 2.01. The molecule has 1 fully saturated rings. The first kappa shape index (κ1) is 28.4. The first-order valence-electron chi connectivity index (χ1n) is 12.1. The smallest absolute Gasteiger partial charge is 0.278 e. The van der Waals surface area contributed by atoms with Crippen molar-refractivity contribution in [2.24, 2.45) is 9.98 Å².